The first-order valence-corrected chi connectivity index (χ1v) is 6.00. The monoisotopic (exact) mass is 306 g/mol. The van der Waals surface area contributed by atoms with Crippen molar-refractivity contribution < 1.29 is 27.2 Å². The van der Waals surface area contributed by atoms with Crippen LogP contribution in [0.15, 0.2) is 18.2 Å². The van der Waals surface area contributed by atoms with Crippen LogP contribution in [0.4, 0.5) is 17.6 Å². The minimum Gasteiger partial charge on any atom is -0.368 e. The molecule has 0 heterocycles. The van der Waals surface area contributed by atoms with E-state index < -0.39 is 47.5 Å². The van der Waals surface area contributed by atoms with Gasteiger partial charge in [0.25, 0.3) is 5.91 Å². The van der Waals surface area contributed by atoms with E-state index in [0.29, 0.717) is 18.2 Å². The Bertz CT molecular complexity index is 556. The molecule has 1 aromatic rings. The summed E-state index contributed by atoms with van der Waals surface area (Å²) in [5.74, 6) is -2.96. The molecule has 0 aliphatic carbocycles. The van der Waals surface area contributed by atoms with Gasteiger partial charge in [-0.3, -0.25) is 9.59 Å². The zero-order valence-electron chi connectivity index (χ0n) is 11.4. The Hall–Kier alpha value is -2.12. The maximum Gasteiger partial charge on any atom is 0.416 e. The third-order valence-electron chi connectivity index (χ3n) is 2.73. The molecule has 0 fully saturated rings. The Morgan fingerprint density at radius 3 is 2.29 bits per heavy atom. The third kappa shape index (κ3) is 4.17. The zero-order chi connectivity index (χ0) is 16.4. The molecule has 2 amide bonds. The van der Waals surface area contributed by atoms with E-state index in [1.54, 1.807) is 0 Å². The fourth-order valence-corrected chi connectivity index (χ4v) is 1.68. The molecule has 8 heteroatoms. The van der Waals surface area contributed by atoms with Gasteiger partial charge in [-0.15, -0.1) is 0 Å². The molecule has 0 saturated carbocycles. The molecule has 0 spiro atoms. The first-order chi connectivity index (χ1) is 9.54. The third-order valence-corrected chi connectivity index (χ3v) is 2.73. The number of carbonyl (C=O) groups excluding carboxylic acids is 2. The van der Waals surface area contributed by atoms with Crippen LogP contribution in [0.1, 0.15) is 29.8 Å². The summed E-state index contributed by atoms with van der Waals surface area (Å²) in [6, 6.07) is 1.01. The minimum atomic E-state index is -4.70. The number of rotatable bonds is 4. The Balaban J connectivity index is 3.24. The number of halogens is 4. The van der Waals surface area contributed by atoms with Crippen LogP contribution in [0.5, 0.6) is 0 Å². The van der Waals surface area contributed by atoms with Crippen molar-refractivity contribution in [3.63, 3.8) is 0 Å². The Morgan fingerprint density at radius 1 is 1.29 bits per heavy atom. The van der Waals surface area contributed by atoms with Crippen LogP contribution < -0.4 is 5.73 Å². The van der Waals surface area contributed by atoms with Crippen molar-refractivity contribution in [3.8, 4) is 0 Å². The second-order valence-electron chi connectivity index (χ2n) is 4.69. The molecule has 1 rings (SSSR count). The van der Waals surface area contributed by atoms with Crippen LogP contribution in [0, 0.1) is 5.82 Å². The van der Waals surface area contributed by atoms with Crippen LogP contribution in [-0.4, -0.2) is 29.3 Å². The van der Waals surface area contributed by atoms with Gasteiger partial charge in [-0.1, -0.05) is 0 Å². The summed E-state index contributed by atoms with van der Waals surface area (Å²) in [5, 5.41) is 0. The molecule has 4 nitrogen and oxygen atoms in total. The SMILES string of the molecule is CC(C)N(CC(N)=O)C(=O)c1cc(C(F)(F)F)ccc1F. The molecule has 1 aromatic carbocycles. The first kappa shape index (κ1) is 16.9. The number of nitrogens with two attached hydrogens (primary N) is 1. The maximum absolute atomic E-state index is 13.6. The van der Waals surface area contributed by atoms with Crippen molar-refractivity contribution >= 4 is 11.8 Å². The molecular formula is C13H14F4N2O2. The summed E-state index contributed by atoms with van der Waals surface area (Å²) in [4.78, 5) is 24.0. The van der Waals surface area contributed by atoms with Gasteiger partial charge >= 0.3 is 6.18 Å². The van der Waals surface area contributed by atoms with Crippen molar-refractivity contribution in [1.82, 2.24) is 4.90 Å². The number of hydrogen-bond acceptors (Lipinski definition) is 2. The highest BCUT2D eigenvalue weighted by molar-refractivity contribution is 5.97. The number of amides is 2. The van der Waals surface area contributed by atoms with E-state index in [2.05, 4.69) is 0 Å². The van der Waals surface area contributed by atoms with Crippen LogP contribution in [-0.2, 0) is 11.0 Å². The van der Waals surface area contributed by atoms with Gasteiger partial charge in [0.15, 0.2) is 0 Å². The highest BCUT2D eigenvalue weighted by Gasteiger charge is 2.33. The average Bonchev–Trinajstić information content (AvgIpc) is 2.33. The summed E-state index contributed by atoms with van der Waals surface area (Å²) >= 11 is 0. The molecule has 2 N–H and O–H groups in total. The smallest absolute Gasteiger partial charge is 0.368 e. The highest BCUT2D eigenvalue weighted by Crippen LogP contribution is 2.30. The minimum absolute atomic E-state index is 0.425. The maximum atomic E-state index is 13.6. The first-order valence-electron chi connectivity index (χ1n) is 6.00. The number of carbonyl (C=O) groups is 2. The molecule has 116 valence electrons. The zero-order valence-corrected chi connectivity index (χ0v) is 11.4. The summed E-state index contributed by atoms with van der Waals surface area (Å²) in [6.45, 7) is 2.56. The van der Waals surface area contributed by atoms with Crippen LogP contribution in [0.3, 0.4) is 0 Å². The molecule has 0 aliphatic rings. The van der Waals surface area contributed by atoms with E-state index in [9.17, 15) is 27.2 Å². The molecule has 21 heavy (non-hydrogen) atoms. The molecule has 0 aliphatic heterocycles. The lowest BCUT2D eigenvalue weighted by atomic mass is 10.1. The van der Waals surface area contributed by atoms with E-state index in [1.807, 2.05) is 0 Å². The Kier molecular flexibility index (Phi) is 4.93. The summed E-state index contributed by atoms with van der Waals surface area (Å²) < 4.78 is 51.5. The van der Waals surface area contributed by atoms with Gasteiger partial charge in [0.1, 0.15) is 5.82 Å². The van der Waals surface area contributed by atoms with E-state index in [-0.39, 0.29) is 0 Å². The largest absolute Gasteiger partial charge is 0.416 e. The van der Waals surface area contributed by atoms with Gasteiger partial charge in [0.2, 0.25) is 5.91 Å². The standard InChI is InChI=1S/C13H14F4N2O2/c1-7(2)19(6-11(18)20)12(21)9-5-8(13(15,16)17)3-4-10(9)14/h3-5,7H,6H2,1-2H3,(H2,18,20). The lowest BCUT2D eigenvalue weighted by Gasteiger charge is -2.25. The molecule has 0 atom stereocenters. The normalized spacial score (nSPS) is 11.6. The van der Waals surface area contributed by atoms with Crippen molar-refractivity contribution in [2.45, 2.75) is 26.1 Å². The number of primary amides is 1. The Morgan fingerprint density at radius 2 is 1.86 bits per heavy atom. The van der Waals surface area contributed by atoms with Crippen molar-refractivity contribution in [2.75, 3.05) is 6.54 Å². The quantitative estimate of drug-likeness (QED) is 0.867. The van der Waals surface area contributed by atoms with Crippen molar-refractivity contribution in [3.05, 3.63) is 35.1 Å². The molecule has 0 aromatic heterocycles. The Labute approximate surface area is 118 Å². The van der Waals surface area contributed by atoms with E-state index in [1.165, 1.54) is 13.8 Å². The number of hydrogen-bond donors (Lipinski definition) is 1. The van der Waals surface area contributed by atoms with Gasteiger partial charge in [-0.05, 0) is 32.0 Å². The number of alkyl halides is 3. The van der Waals surface area contributed by atoms with Gasteiger partial charge < -0.3 is 10.6 Å². The molecule has 0 saturated heterocycles. The van der Waals surface area contributed by atoms with E-state index in [0.717, 1.165) is 4.90 Å². The molecule has 0 radical (unpaired) electrons. The fraction of sp³-hybridized carbons (Fsp3) is 0.385. The molecule has 0 bridgehead atoms. The topological polar surface area (TPSA) is 63.4 Å². The predicted octanol–water partition coefficient (Wildman–Crippen LogP) is 2.18. The van der Waals surface area contributed by atoms with E-state index >= 15 is 0 Å². The highest BCUT2D eigenvalue weighted by atomic mass is 19.4. The van der Waals surface area contributed by atoms with Gasteiger partial charge in [-0.25, -0.2) is 4.39 Å². The summed E-state index contributed by atoms with van der Waals surface area (Å²) in [7, 11) is 0. The summed E-state index contributed by atoms with van der Waals surface area (Å²) in [5.41, 5.74) is 3.08. The van der Waals surface area contributed by atoms with Crippen molar-refractivity contribution in [1.29, 1.82) is 0 Å². The van der Waals surface area contributed by atoms with E-state index in [4.69, 9.17) is 5.73 Å². The number of benzene rings is 1. The average molecular weight is 306 g/mol. The van der Waals surface area contributed by atoms with Crippen LogP contribution in [0.25, 0.3) is 0 Å². The lowest BCUT2D eigenvalue weighted by molar-refractivity contribution is -0.137. The fourth-order valence-electron chi connectivity index (χ4n) is 1.68. The second kappa shape index (κ2) is 6.11. The summed E-state index contributed by atoms with van der Waals surface area (Å²) in [6.07, 6.45) is -4.70. The van der Waals surface area contributed by atoms with Crippen LogP contribution in [0.2, 0.25) is 0 Å². The number of nitrogens with zero attached hydrogens (tertiary/aromatic N) is 1. The van der Waals surface area contributed by atoms with Gasteiger partial charge in [0.05, 0.1) is 17.7 Å². The molecule has 0 unspecified atom stereocenters. The lowest BCUT2D eigenvalue weighted by Crippen LogP contribution is -2.43. The predicted molar refractivity (Wildman–Crippen MR) is 66.8 cm³/mol. The van der Waals surface area contributed by atoms with Gasteiger partial charge in [0, 0.05) is 6.04 Å². The van der Waals surface area contributed by atoms with Crippen LogP contribution >= 0.6 is 0 Å². The molecular weight excluding hydrogens is 292 g/mol. The van der Waals surface area contributed by atoms with Crippen molar-refractivity contribution in [2.24, 2.45) is 5.73 Å². The van der Waals surface area contributed by atoms with Gasteiger partial charge in [-0.2, -0.15) is 13.2 Å². The second-order valence-corrected chi connectivity index (χ2v) is 4.69.